The summed E-state index contributed by atoms with van der Waals surface area (Å²) in [5.41, 5.74) is 6.94. The van der Waals surface area contributed by atoms with Gasteiger partial charge in [0.1, 0.15) is 11.4 Å². The highest BCUT2D eigenvalue weighted by Crippen LogP contribution is 2.20. The predicted octanol–water partition coefficient (Wildman–Crippen LogP) is 2.17. The Hall–Kier alpha value is -2.67. The first kappa shape index (κ1) is 17.4. The molecule has 2 rings (SSSR count). The summed E-state index contributed by atoms with van der Waals surface area (Å²) < 4.78 is 18.6. The normalized spacial score (nSPS) is 12.0. The molecule has 22 heavy (non-hydrogen) atoms. The van der Waals surface area contributed by atoms with Crippen LogP contribution >= 0.6 is 0 Å². The average molecular weight is 309 g/mol. The summed E-state index contributed by atoms with van der Waals surface area (Å²) in [5.74, 6) is -2.73. The van der Waals surface area contributed by atoms with Crippen molar-refractivity contribution in [1.82, 2.24) is 0 Å². The molecule has 0 radical (unpaired) electrons. The molecule has 6 nitrogen and oxygen atoms in total. The molecule has 0 amide bonds. The van der Waals surface area contributed by atoms with E-state index in [0.717, 1.165) is 5.39 Å². The summed E-state index contributed by atoms with van der Waals surface area (Å²) in [7, 11) is 0. The van der Waals surface area contributed by atoms with Gasteiger partial charge in [-0.3, -0.25) is 0 Å². The molecule has 0 bridgehead atoms. The maximum atomic E-state index is 13.5. The van der Waals surface area contributed by atoms with Crippen molar-refractivity contribution >= 4 is 22.9 Å². The third-order valence-electron chi connectivity index (χ3n) is 2.53. The van der Waals surface area contributed by atoms with Crippen LogP contribution in [0, 0.1) is 5.82 Å². The largest absolute Gasteiger partial charge is 0.478 e. The Kier molecular flexibility index (Phi) is 6.27. The second-order valence-corrected chi connectivity index (χ2v) is 4.59. The van der Waals surface area contributed by atoms with Gasteiger partial charge in [-0.15, -0.1) is 0 Å². The van der Waals surface area contributed by atoms with Crippen LogP contribution in [0.1, 0.15) is 12.5 Å². The summed E-state index contributed by atoms with van der Waals surface area (Å²) in [5, 5.41) is 16.4. The highest BCUT2D eigenvalue weighted by Gasteiger charge is 2.08. The summed E-state index contributed by atoms with van der Waals surface area (Å²) in [6, 6.07) is 4.90. The maximum absolute atomic E-state index is 13.5. The standard InChI is InChI=1S/C11H12FNO.C4H4O4/c1-7(13)4-9-6-11-8(2-3-14-11)5-10(9)12;5-3(6)1-2-4(7)8/h2-3,5-7H,4,13H2,1H3;1-2H,(H,5,6)(H,7,8). The van der Waals surface area contributed by atoms with Gasteiger partial charge in [-0.25, -0.2) is 14.0 Å². The third-order valence-corrected chi connectivity index (χ3v) is 2.53. The lowest BCUT2D eigenvalue weighted by atomic mass is 10.1. The van der Waals surface area contributed by atoms with Crippen LogP contribution in [0.15, 0.2) is 41.0 Å². The molecule has 118 valence electrons. The number of carboxylic acid groups (broad SMARTS) is 2. The zero-order valence-corrected chi connectivity index (χ0v) is 11.8. The van der Waals surface area contributed by atoms with E-state index < -0.39 is 11.9 Å². The van der Waals surface area contributed by atoms with Crippen molar-refractivity contribution in [3.05, 3.63) is 48.0 Å². The Labute approximate surface area is 125 Å². The van der Waals surface area contributed by atoms with Crippen LogP contribution in [0.25, 0.3) is 11.0 Å². The molecule has 1 aromatic heterocycles. The lowest BCUT2D eigenvalue weighted by Crippen LogP contribution is -2.18. The van der Waals surface area contributed by atoms with Crippen molar-refractivity contribution < 1.29 is 28.6 Å². The number of benzene rings is 1. The topological polar surface area (TPSA) is 114 Å². The Morgan fingerprint density at radius 2 is 1.91 bits per heavy atom. The summed E-state index contributed by atoms with van der Waals surface area (Å²) in [4.78, 5) is 19.1. The van der Waals surface area contributed by atoms with Crippen LogP contribution < -0.4 is 5.73 Å². The summed E-state index contributed by atoms with van der Waals surface area (Å²) >= 11 is 0. The van der Waals surface area contributed by atoms with Gasteiger partial charge in [0.15, 0.2) is 0 Å². The van der Waals surface area contributed by atoms with E-state index in [0.29, 0.717) is 29.7 Å². The van der Waals surface area contributed by atoms with Crippen molar-refractivity contribution in [2.24, 2.45) is 5.73 Å². The first-order valence-electron chi connectivity index (χ1n) is 6.34. The fourth-order valence-corrected chi connectivity index (χ4v) is 1.67. The fourth-order valence-electron chi connectivity index (χ4n) is 1.67. The van der Waals surface area contributed by atoms with Gasteiger partial charge in [0.2, 0.25) is 0 Å². The number of rotatable bonds is 4. The summed E-state index contributed by atoms with van der Waals surface area (Å²) in [6.07, 6.45) is 3.20. The zero-order chi connectivity index (χ0) is 16.7. The first-order valence-corrected chi connectivity index (χ1v) is 6.34. The van der Waals surface area contributed by atoms with E-state index in [1.165, 1.54) is 6.07 Å². The number of nitrogens with two attached hydrogens (primary N) is 1. The smallest absolute Gasteiger partial charge is 0.328 e. The van der Waals surface area contributed by atoms with Crippen molar-refractivity contribution in [3.8, 4) is 0 Å². The number of carbonyl (C=O) groups is 2. The van der Waals surface area contributed by atoms with E-state index >= 15 is 0 Å². The molecule has 1 aromatic carbocycles. The quantitative estimate of drug-likeness (QED) is 0.746. The maximum Gasteiger partial charge on any atom is 0.328 e. The minimum absolute atomic E-state index is 0.0445. The van der Waals surface area contributed by atoms with Gasteiger partial charge in [-0.05, 0) is 37.1 Å². The average Bonchev–Trinajstić information content (AvgIpc) is 2.84. The molecular formula is C15H16FNO5. The molecule has 0 fully saturated rings. The number of hydrogen-bond acceptors (Lipinski definition) is 4. The van der Waals surface area contributed by atoms with Gasteiger partial charge in [-0.2, -0.15) is 0 Å². The van der Waals surface area contributed by atoms with Gasteiger partial charge >= 0.3 is 11.9 Å². The van der Waals surface area contributed by atoms with Gasteiger partial charge < -0.3 is 20.4 Å². The lowest BCUT2D eigenvalue weighted by molar-refractivity contribution is -0.134. The van der Waals surface area contributed by atoms with E-state index in [1.807, 2.05) is 6.92 Å². The molecule has 1 heterocycles. The fraction of sp³-hybridized carbons (Fsp3) is 0.200. The second kappa shape index (κ2) is 7.94. The number of fused-ring (bicyclic) bond motifs is 1. The van der Waals surface area contributed by atoms with Gasteiger partial charge in [0, 0.05) is 23.6 Å². The molecule has 1 atom stereocenters. The first-order chi connectivity index (χ1) is 10.3. The molecule has 0 aliphatic rings. The number of carboxylic acids is 2. The van der Waals surface area contributed by atoms with Crippen LogP contribution in [0.3, 0.4) is 0 Å². The molecule has 2 aromatic rings. The zero-order valence-electron chi connectivity index (χ0n) is 11.8. The van der Waals surface area contributed by atoms with Crippen molar-refractivity contribution in [1.29, 1.82) is 0 Å². The van der Waals surface area contributed by atoms with E-state index in [9.17, 15) is 14.0 Å². The van der Waals surface area contributed by atoms with Crippen LogP contribution in [-0.4, -0.2) is 28.2 Å². The second-order valence-electron chi connectivity index (χ2n) is 4.59. The van der Waals surface area contributed by atoms with E-state index in [-0.39, 0.29) is 11.9 Å². The van der Waals surface area contributed by atoms with Gasteiger partial charge in [-0.1, -0.05) is 0 Å². The van der Waals surface area contributed by atoms with Crippen LogP contribution in [0.2, 0.25) is 0 Å². The molecule has 0 saturated carbocycles. The molecule has 1 unspecified atom stereocenters. The Morgan fingerprint density at radius 1 is 1.32 bits per heavy atom. The van der Waals surface area contributed by atoms with Crippen molar-refractivity contribution in [3.63, 3.8) is 0 Å². The molecule has 0 aliphatic carbocycles. The highest BCUT2D eigenvalue weighted by molar-refractivity contribution is 5.89. The van der Waals surface area contributed by atoms with Crippen molar-refractivity contribution in [2.45, 2.75) is 19.4 Å². The van der Waals surface area contributed by atoms with Gasteiger partial charge in [0.05, 0.1) is 6.26 Å². The van der Waals surface area contributed by atoms with Crippen molar-refractivity contribution in [2.75, 3.05) is 0 Å². The molecule has 7 heteroatoms. The molecule has 0 saturated heterocycles. The number of aliphatic carboxylic acids is 2. The van der Waals surface area contributed by atoms with Crippen LogP contribution in [-0.2, 0) is 16.0 Å². The van der Waals surface area contributed by atoms with E-state index in [1.54, 1.807) is 18.4 Å². The third kappa shape index (κ3) is 5.76. The number of furan rings is 1. The lowest BCUT2D eigenvalue weighted by Gasteiger charge is -2.05. The van der Waals surface area contributed by atoms with Crippen LogP contribution in [0.4, 0.5) is 4.39 Å². The summed E-state index contributed by atoms with van der Waals surface area (Å²) in [6.45, 7) is 1.85. The highest BCUT2D eigenvalue weighted by atomic mass is 19.1. The van der Waals surface area contributed by atoms with Gasteiger partial charge in [0.25, 0.3) is 0 Å². The Balaban J connectivity index is 0.000000261. The van der Waals surface area contributed by atoms with E-state index in [2.05, 4.69) is 0 Å². The predicted molar refractivity (Wildman–Crippen MR) is 77.9 cm³/mol. The number of hydrogen-bond donors (Lipinski definition) is 3. The number of halogens is 1. The minimum Gasteiger partial charge on any atom is -0.478 e. The minimum atomic E-state index is -1.26. The monoisotopic (exact) mass is 309 g/mol. The Bertz CT molecular complexity index is 674. The molecule has 0 spiro atoms. The molecule has 0 aliphatic heterocycles. The van der Waals surface area contributed by atoms with Crippen LogP contribution in [0.5, 0.6) is 0 Å². The Morgan fingerprint density at radius 3 is 2.41 bits per heavy atom. The molecular weight excluding hydrogens is 293 g/mol. The SMILES string of the molecule is CC(N)Cc1cc2occc2cc1F.O=C(O)C=CC(=O)O. The van der Waals surface area contributed by atoms with E-state index in [4.69, 9.17) is 20.4 Å². The molecule has 4 N–H and O–H groups in total.